The molecule has 0 saturated carbocycles. The average Bonchev–Trinajstić information content (AvgIpc) is 2.81. The molecule has 2 aromatic rings. The number of pyridine rings is 1. The van der Waals surface area contributed by atoms with Gasteiger partial charge >= 0.3 is 193 Å². The summed E-state index contributed by atoms with van der Waals surface area (Å²) in [5.74, 6) is 0.140. The van der Waals surface area contributed by atoms with Gasteiger partial charge in [0.1, 0.15) is 0 Å². The van der Waals surface area contributed by atoms with Crippen LogP contribution in [0.4, 0.5) is 0 Å². The molecule has 0 amide bonds. The summed E-state index contributed by atoms with van der Waals surface area (Å²) in [5, 5.41) is 18.1. The molecule has 0 radical (unpaired) electrons. The first-order chi connectivity index (χ1) is 15.3. The van der Waals surface area contributed by atoms with E-state index < -0.39 is 0 Å². The topological polar surface area (TPSA) is 60.5 Å². The third-order valence-corrected chi connectivity index (χ3v) is 5.48. The van der Waals surface area contributed by atoms with Crippen molar-refractivity contribution in [3.8, 4) is 12.1 Å². The Kier molecular flexibility index (Phi) is 9.12. The average molecular weight is 419 g/mol. The van der Waals surface area contributed by atoms with E-state index in [1.807, 2.05) is 43.4 Å². The molecule has 2 heterocycles. The Morgan fingerprint density at radius 2 is 1.91 bits per heavy atom. The number of hydrogen-bond donors (Lipinski definition) is 0. The van der Waals surface area contributed by atoms with Crippen molar-refractivity contribution in [2.24, 2.45) is 0 Å². The zero-order chi connectivity index (χ0) is 23.6. The summed E-state index contributed by atoms with van der Waals surface area (Å²) in [6, 6.07) is 16.8. The standard InChI is InChI=1S/C28H30BN3/c1-6-10-23(20-31)17-18-24-13-8-15-26(29-24)28(4,5)27-16-9-14-25(32-27)22(3)12-7-11-21(2)19-30/h6-17,22H,18H2,1-5H3/b10-6-,12-7?,21-11+,23-17+. The number of nitrogens with zero attached hydrogens (tertiary/aromatic N) is 3. The fourth-order valence-electron chi connectivity index (χ4n) is 3.35. The number of rotatable bonds is 8. The summed E-state index contributed by atoms with van der Waals surface area (Å²) in [4.78, 5) is 4.98. The van der Waals surface area contributed by atoms with E-state index >= 15 is 0 Å². The van der Waals surface area contributed by atoms with Crippen molar-refractivity contribution >= 4 is 6.91 Å². The van der Waals surface area contributed by atoms with E-state index in [0.29, 0.717) is 17.6 Å². The van der Waals surface area contributed by atoms with Gasteiger partial charge in [-0.05, 0) is 0 Å². The van der Waals surface area contributed by atoms with E-state index in [9.17, 15) is 5.26 Å². The number of aromatic nitrogens is 1. The van der Waals surface area contributed by atoms with Crippen LogP contribution in [0.5, 0.6) is 0 Å². The first-order valence-corrected chi connectivity index (χ1v) is 10.9. The van der Waals surface area contributed by atoms with Crippen LogP contribution in [0.2, 0.25) is 0 Å². The van der Waals surface area contributed by atoms with Crippen molar-refractivity contribution in [2.75, 3.05) is 0 Å². The summed E-state index contributed by atoms with van der Waals surface area (Å²) in [6.07, 6.45) is 12.2. The Morgan fingerprint density at radius 3 is 2.59 bits per heavy atom. The van der Waals surface area contributed by atoms with E-state index in [0.717, 1.165) is 11.4 Å². The summed E-state index contributed by atoms with van der Waals surface area (Å²) >= 11 is 0. The van der Waals surface area contributed by atoms with Crippen LogP contribution in [0.25, 0.3) is 0 Å². The quantitative estimate of drug-likeness (QED) is 0.365. The molecule has 0 aliphatic carbocycles. The van der Waals surface area contributed by atoms with Crippen LogP contribution in [0.3, 0.4) is 0 Å². The molecule has 0 fully saturated rings. The summed E-state index contributed by atoms with van der Waals surface area (Å²) in [6.45, 7) is 12.4. The fourth-order valence-corrected chi connectivity index (χ4v) is 3.35. The summed E-state index contributed by atoms with van der Waals surface area (Å²) in [7, 11) is 0. The first kappa shape index (κ1) is 24.8. The Labute approximate surface area is 193 Å². The SMILES string of the molecule is C/C=C\C(C#N)=C/Cc1bc(C(C)(C)c2cccc(C(C)C=C/C=C(\C)C#N)n2)ccc1. The van der Waals surface area contributed by atoms with Crippen LogP contribution < -0.4 is 0 Å². The Hall–Kier alpha value is -3.50. The van der Waals surface area contributed by atoms with E-state index in [1.165, 1.54) is 10.9 Å². The number of hydrogen-bond acceptors (Lipinski definition) is 3. The maximum absolute atomic E-state index is 9.23. The zero-order valence-electron chi connectivity index (χ0n) is 19.6. The molecule has 4 heteroatoms. The molecule has 3 nitrogen and oxygen atoms in total. The molecule has 1 unspecified atom stereocenters. The minimum atomic E-state index is -0.266. The Balaban J connectivity index is 2.30. The summed E-state index contributed by atoms with van der Waals surface area (Å²) in [5.41, 5.74) is 5.45. The molecule has 2 aromatic heterocycles. The second kappa shape index (κ2) is 11.8. The molecule has 32 heavy (non-hydrogen) atoms. The molecular formula is C28H30BN3. The van der Waals surface area contributed by atoms with Crippen molar-refractivity contribution in [1.29, 1.82) is 10.5 Å². The van der Waals surface area contributed by atoms with Crippen molar-refractivity contribution in [1.82, 2.24) is 4.98 Å². The van der Waals surface area contributed by atoms with Gasteiger partial charge in [-0.1, -0.05) is 0 Å². The molecule has 160 valence electrons. The number of nitriles is 2. The van der Waals surface area contributed by atoms with Crippen LogP contribution in [-0.4, -0.2) is 11.9 Å². The fraction of sp³-hybridized carbons (Fsp3) is 0.286. The van der Waals surface area contributed by atoms with E-state index in [1.54, 1.807) is 6.92 Å². The maximum atomic E-state index is 9.23. The summed E-state index contributed by atoms with van der Waals surface area (Å²) < 4.78 is 0. The van der Waals surface area contributed by atoms with Crippen molar-refractivity contribution in [3.63, 3.8) is 0 Å². The minimum absolute atomic E-state index is 0.140. The van der Waals surface area contributed by atoms with Gasteiger partial charge in [0.15, 0.2) is 0 Å². The van der Waals surface area contributed by atoms with Crippen molar-refractivity contribution in [3.05, 3.63) is 106 Å². The van der Waals surface area contributed by atoms with Crippen molar-refractivity contribution in [2.45, 2.75) is 52.4 Å². The normalized spacial score (nSPS) is 13.7. The third kappa shape index (κ3) is 6.76. The Bertz CT molecular complexity index is 1140. The molecule has 2 rings (SSSR count). The van der Waals surface area contributed by atoms with Gasteiger partial charge < -0.3 is 0 Å². The van der Waals surface area contributed by atoms with Gasteiger partial charge in [-0.2, -0.15) is 0 Å². The van der Waals surface area contributed by atoms with Crippen LogP contribution in [0.1, 0.15) is 62.8 Å². The number of allylic oxidation sites excluding steroid dienone is 8. The van der Waals surface area contributed by atoms with Gasteiger partial charge in [0, 0.05) is 0 Å². The van der Waals surface area contributed by atoms with Crippen LogP contribution >= 0.6 is 0 Å². The third-order valence-electron chi connectivity index (χ3n) is 5.48. The van der Waals surface area contributed by atoms with Crippen LogP contribution in [0.15, 0.2) is 84.0 Å². The predicted molar refractivity (Wildman–Crippen MR) is 133 cm³/mol. The Morgan fingerprint density at radius 1 is 1.16 bits per heavy atom. The van der Waals surface area contributed by atoms with E-state index in [4.69, 9.17) is 10.2 Å². The van der Waals surface area contributed by atoms with Gasteiger partial charge in [-0.25, -0.2) is 0 Å². The second-order valence-electron chi connectivity index (χ2n) is 8.38. The molecule has 0 saturated heterocycles. The second-order valence-corrected chi connectivity index (χ2v) is 8.38. The molecule has 1 atom stereocenters. The molecule has 0 bridgehead atoms. The van der Waals surface area contributed by atoms with Gasteiger partial charge in [0.25, 0.3) is 0 Å². The van der Waals surface area contributed by atoms with E-state index in [2.05, 4.69) is 76.2 Å². The molecule has 0 aliphatic heterocycles. The van der Waals surface area contributed by atoms with Crippen LogP contribution in [0, 0.1) is 22.7 Å². The molecule has 0 spiro atoms. The van der Waals surface area contributed by atoms with Gasteiger partial charge in [-0.3, -0.25) is 0 Å². The van der Waals surface area contributed by atoms with E-state index in [-0.39, 0.29) is 11.3 Å². The molecular weight excluding hydrogens is 389 g/mol. The van der Waals surface area contributed by atoms with Crippen molar-refractivity contribution < 1.29 is 0 Å². The molecule has 0 aromatic carbocycles. The molecule has 0 aliphatic rings. The van der Waals surface area contributed by atoms with Gasteiger partial charge in [0.2, 0.25) is 0 Å². The van der Waals surface area contributed by atoms with Gasteiger partial charge in [-0.15, -0.1) is 0 Å². The first-order valence-electron chi connectivity index (χ1n) is 10.9. The van der Waals surface area contributed by atoms with Gasteiger partial charge in [0.05, 0.1) is 0 Å². The monoisotopic (exact) mass is 419 g/mol. The predicted octanol–water partition coefficient (Wildman–Crippen LogP) is 6.44. The molecule has 0 N–H and O–H groups in total. The zero-order valence-corrected chi connectivity index (χ0v) is 19.6. The van der Waals surface area contributed by atoms with Crippen LogP contribution in [-0.2, 0) is 11.8 Å².